The number of benzene rings is 1. The van der Waals surface area contributed by atoms with Crippen molar-refractivity contribution in [2.45, 2.75) is 50.2 Å². The van der Waals surface area contributed by atoms with Crippen molar-refractivity contribution in [1.82, 2.24) is 10.3 Å². The molecule has 1 saturated heterocycles. The average Bonchev–Trinajstić information content (AvgIpc) is 2.97. The Morgan fingerprint density at radius 3 is 2.96 bits per heavy atom. The van der Waals surface area contributed by atoms with Crippen LogP contribution in [0.5, 0.6) is 0 Å². The zero-order valence-corrected chi connectivity index (χ0v) is 13.8. The molecule has 1 aromatic carbocycles. The second-order valence-corrected chi connectivity index (χ2v) is 6.96. The van der Waals surface area contributed by atoms with Crippen LogP contribution in [-0.4, -0.2) is 29.3 Å². The van der Waals surface area contributed by atoms with Crippen molar-refractivity contribution in [3.63, 3.8) is 0 Å². The third-order valence-corrected chi connectivity index (χ3v) is 5.24. The number of anilines is 1. The molecular weight excluding hydrogens is 302 g/mol. The van der Waals surface area contributed by atoms with E-state index in [0.29, 0.717) is 6.61 Å². The fourth-order valence-electron chi connectivity index (χ4n) is 4.06. The third kappa shape index (κ3) is 3.08. The van der Waals surface area contributed by atoms with Crippen LogP contribution in [0.1, 0.15) is 38.5 Å². The van der Waals surface area contributed by atoms with Crippen molar-refractivity contribution in [3.8, 4) is 0 Å². The second kappa shape index (κ2) is 6.40. The van der Waals surface area contributed by atoms with E-state index in [0.717, 1.165) is 35.7 Å². The third-order valence-electron chi connectivity index (χ3n) is 5.24. The lowest BCUT2D eigenvalue weighted by Crippen LogP contribution is -2.39. The number of amides is 2. The minimum atomic E-state index is -0.166. The lowest BCUT2D eigenvalue weighted by atomic mass is 9.82. The van der Waals surface area contributed by atoms with Gasteiger partial charge in [-0.1, -0.05) is 31.4 Å². The van der Waals surface area contributed by atoms with E-state index in [1.807, 2.05) is 24.3 Å². The van der Waals surface area contributed by atoms with Crippen molar-refractivity contribution in [3.05, 3.63) is 36.7 Å². The SMILES string of the molecule is O=C(Nc1cccc2cnccc12)NC1COC2(CCCCC2)C1. The fraction of sp³-hybridized carbons (Fsp3) is 0.474. The summed E-state index contributed by atoms with van der Waals surface area (Å²) in [5, 5.41) is 8.05. The van der Waals surface area contributed by atoms with Crippen molar-refractivity contribution < 1.29 is 9.53 Å². The van der Waals surface area contributed by atoms with Gasteiger partial charge in [0.25, 0.3) is 0 Å². The number of hydrogen-bond donors (Lipinski definition) is 2. The standard InChI is InChI=1S/C19H23N3O2/c23-18(21-15-11-19(24-13-15)8-2-1-3-9-19)22-17-6-4-5-14-12-20-10-7-16(14)17/h4-7,10,12,15H,1-3,8-9,11,13H2,(H2,21,22,23). The molecule has 0 bridgehead atoms. The van der Waals surface area contributed by atoms with Gasteiger partial charge in [0.1, 0.15) is 0 Å². The first kappa shape index (κ1) is 15.4. The summed E-state index contributed by atoms with van der Waals surface area (Å²) in [4.78, 5) is 16.5. The maximum atomic E-state index is 12.4. The molecule has 1 aliphatic heterocycles. The summed E-state index contributed by atoms with van der Waals surface area (Å²) in [5.74, 6) is 0. The highest BCUT2D eigenvalue weighted by Gasteiger charge is 2.41. The van der Waals surface area contributed by atoms with E-state index in [1.165, 1.54) is 19.3 Å². The van der Waals surface area contributed by atoms with Gasteiger partial charge >= 0.3 is 6.03 Å². The van der Waals surface area contributed by atoms with Crippen LogP contribution in [0, 0.1) is 0 Å². The van der Waals surface area contributed by atoms with E-state index in [2.05, 4.69) is 15.6 Å². The number of carbonyl (C=O) groups is 1. The molecule has 5 nitrogen and oxygen atoms in total. The van der Waals surface area contributed by atoms with Gasteiger partial charge in [-0.05, 0) is 31.4 Å². The van der Waals surface area contributed by atoms with E-state index in [4.69, 9.17) is 4.74 Å². The molecule has 1 atom stereocenters. The van der Waals surface area contributed by atoms with Crippen LogP contribution in [-0.2, 0) is 4.74 Å². The number of hydrogen-bond acceptors (Lipinski definition) is 3. The van der Waals surface area contributed by atoms with Crippen LogP contribution in [0.4, 0.5) is 10.5 Å². The van der Waals surface area contributed by atoms with Crippen LogP contribution >= 0.6 is 0 Å². The van der Waals surface area contributed by atoms with E-state index < -0.39 is 0 Å². The first-order chi connectivity index (χ1) is 11.7. The van der Waals surface area contributed by atoms with E-state index in [-0.39, 0.29) is 17.7 Å². The van der Waals surface area contributed by atoms with Gasteiger partial charge in [0, 0.05) is 23.2 Å². The Kier molecular flexibility index (Phi) is 4.10. The summed E-state index contributed by atoms with van der Waals surface area (Å²) in [5.41, 5.74) is 0.820. The summed E-state index contributed by atoms with van der Waals surface area (Å²) < 4.78 is 6.06. The fourth-order valence-corrected chi connectivity index (χ4v) is 4.06. The number of rotatable bonds is 2. The highest BCUT2D eigenvalue weighted by Crippen LogP contribution is 2.39. The molecule has 0 radical (unpaired) electrons. The van der Waals surface area contributed by atoms with Crippen LogP contribution < -0.4 is 10.6 Å². The van der Waals surface area contributed by atoms with Crippen LogP contribution in [0.25, 0.3) is 10.8 Å². The van der Waals surface area contributed by atoms with Crippen molar-refractivity contribution in [2.75, 3.05) is 11.9 Å². The van der Waals surface area contributed by atoms with Gasteiger partial charge < -0.3 is 15.4 Å². The van der Waals surface area contributed by atoms with Crippen molar-refractivity contribution in [2.24, 2.45) is 0 Å². The number of fused-ring (bicyclic) bond motifs is 1. The van der Waals surface area contributed by atoms with Gasteiger partial charge in [0.15, 0.2) is 0 Å². The monoisotopic (exact) mass is 325 g/mol. The molecule has 126 valence electrons. The minimum absolute atomic E-state index is 0.0152. The number of pyridine rings is 1. The molecule has 2 heterocycles. The highest BCUT2D eigenvalue weighted by molar-refractivity contribution is 6.01. The number of carbonyl (C=O) groups excluding carboxylic acids is 1. The Bertz CT molecular complexity index is 735. The summed E-state index contributed by atoms with van der Waals surface area (Å²) in [7, 11) is 0. The Morgan fingerprint density at radius 1 is 1.21 bits per heavy atom. The molecule has 2 N–H and O–H groups in total. The van der Waals surface area contributed by atoms with E-state index in [9.17, 15) is 4.79 Å². The molecule has 2 aliphatic rings. The van der Waals surface area contributed by atoms with Crippen molar-refractivity contribution in [1.29, 1.82) is 0 Å². The molecule has 2 fully saturated rings. The molecular formula is C19H23N3O2. The van der Waals surface area contributed by atoms with Gasteiger partial charge in [-0.2, -0.15) is 0 Å². The molecule has 1 unspecified atom stereocenters. The Labute approximate surface area is 141 Å². The quantitative estimate of drug-likeness (QED) is 0.881. The van der Waals surface area contributed by atoms with Gasteiger partial charge in [0.2, 0.25) is 0 Å². The van der Waals surface area contributed by atoms with Gasteiger partial charge in [-0.15, -0.1) is 0 Å². The van der Waals surface area contributed by atoms with Crippen molar-refractivity contribution >= 4 is 22.5 Å². The minimum Gasteiger partial charge on any atom is -0.373 e. The Hall–Kier alpha value is -2.14. The summed E-state index contributed by atoms with van der Waals surface area (Å²) in [6, 6.07) is 7.68. The zero-order valence-electron chi connectivity index (χ0n) is 13.8. The summed E-state index contributed by atoms with van der Waals surface area (Å²) >= 11 is 0. The molecule has 1 aliphatic carbocycles. The normalized spacial score (nSPS) is 22.6. The van der Waals surface area contributed by atoms with Gasteiger partial charge in [-0.25, -0.2) is 4.79 Å². The number of urea groups is 1. The predicted molar refractivity (Wildman–Crippen MR) is 94.1 cm³/mol. The summed E-state index contributed by atoms with van der Waals surface area (Å²) in [6.45, 7) is 0.618. The maximum absolute atomic E-state index is 12.4. The first-order valence-corrected chi connectivity index (χ1v) is 8.78. The second-order valence-electron chi connectivity index (χ2n) is 6.96. The summed E-state index contributed by atoms with van der Waals surface area (Å²) in [6.07, 6.45) is 10.5. The molecule has 4 rings (SSSR count). The van der Waals surface area contributed by atoms with Gasteiger partial charge in [0.05, 0.1) is 23.9 Å². The van der Waals surface area contributed by atoms with Crippen LogP contribution in [0.2, 0.25) is 0 Å². The topological polar surface area (TPSA) is 63.2 Å². The molecule has 5 heteroatoms. The Morgan fingerprint density at radius 2 is 2.08 bits per heavy atom. The molecule has 2 aromatic rings. The van der Waals surface area contributed by atoms with E-state index in [1.54, 1.807) is 12.4 Å². The molecule has 24 heavy (non-hydrogen) atoms. The Balaban J connectivity index is 1.40. The highest BCUT2D eigenvalue weighted by atomic mass is 16.5. The lowest BCUT2D eigenvalue weighted by molar-refractivity contribution is -0.0245. The number of ether oxygens (including phenoxy) is 1. The number of nitrogens with zero attached hydrogens (tertiary/aromatic N) is 1. The van der Waals surface area contributed by atoms with Gasteiger partial charge in [-0.3, -0.25) is 4.98 Å². The smallest absolute Gasteiger partial charge is 0.319 e. The zero-order chi connectivity index (χ0) is 16.4. The molecule has 1 aromatic heterocycles. The van der Waals surface area contributed by atoms with Crippen LogP contribution in [0.3, 0.4) is 0 Å². The van der Waals surface area contributed by atoms with E-state index >= 15 is 0 Å². The molecule has 1 saturated carbocycles. The number of nitrogens with one attached hydrogen (secondary N) is 2. The predicted octanol–water partition coefficient (Wildman–Crippen LogP) is 3.85. The average molecular weight is 325 g/mol. The first-order valence-electron chi connectivity index (χ1n) is 8.78. The molecule has 2 amide bonds. The number of aromatic nitrogens is 1. The maximum Gasteiger partial charge on any atom is 0.319 e. The largest absolute Gasteiger partial charge is 0.373 e. The lowest BCUT2D eigenvalue weighted by Gasteiger charge is -2.32. The molecule has 1 spiro atoms. The van der Waals surface area contributed by atoms with Crippen LogP contribution in [0.15, 0.2) is 36.7 Å².